The summed E-state index contributed by atoms with van der Waals surface area (Å²) in [5, 5.41) is 0. The van der Waals surface area contributed by atoms with Crippen molar-refractivity contribution in [3.63, 3.8) is 0 Å². The van der Waals surface area contributed by atoms with E-state index in [1.165, 1.54) is 20.0 Å². The fraction of sp³-hybridized carbons (Fsp3) is 0.462. The Morgan fingerprint density at radius 1 is 1.47 bits per heavy atom. The van der Waals surface area contributed by atoms with Gasteiger partial charge in [0.1, 0.15) is 5.75 Å². The predicted octanol–water partition coefficient (Wildman–Crippen LogP) is 1.72. The molecule has 92 valence electrons. The van der Waals surface area contributed by atoms with Gasteiger partial charge in [-0.2, -0.15) is 0 Å². The van der Waals surface area contributed by atoms with E-state index in [4.69, 9.17) is 10.5 Å². The van der Waals surface area contributed by atoms with Gasteiger partial charge in [0, 0.05) is 12.1 Å². The monoisotopic (exact) mass is 235 g/mol. The van der Waals surface area contributed by atoms with Crippen LogP contribution in [0, 0.1) is 5.92 Å². The van der Waals surface area contributed by atoms with Crippen LogP contribution in [0.25, 0.3) is 0 Å². The minimum atomic E-state index is -0.357. The predicted molar refractivity (Wildman–Crippen MR) is 63.9 cm³/mol. The molecule has 2 rings (SSSR count). The lowest BCUT2D eigenvalue weighted by Gasteiger charge is -2.11. The van der Waals surface area contributed by atoms with Crippen molar-refractivity contribution in [3.8, 4) is 5.75 Å². The van der Waals surface area contributed by atoms with Crippen LogP contribution in [0.4, 0.5) is 0 Å². The topological polar surface area (TPSA) is 61.5 Å². The van der Waals surface area contributed by atoms with E-state index < -0.39 is 0 Å². The van der Waals surface area contributed by atoms with Crippen molar-refractivity contribution in [2.45, 2.75) is 19.4 Å². The molecule has 0 spiro atoms. The third-order valence-corrected chi connectivity index (χ3v) is 2.88. The second-order valence-corrected chi connectivity index (χ2v) is 4.27. The molecule has 0 bridgehead atoms. The van der Waals surface area contributed by atoms with Crippen molar-refractivity contribution in [2.24, 2.45) is 11.7 Å². The molecule has 0 aromatic heterocycles. The van der Waals surface area contributed by atoms with E-state index in [2.05, 4.69) is 4.74 Å². The second-order valence-electron chi connectivity index (χ2n) is 4.27. The Bertz CT molecular complexity index is 413. The third-order valence-electron chi connectivity index (χ3n) is 2.88. The summed E-state index contributed by atoms with van der Waals surface area (Å²) >= 11 is 0. The number of hydrogen-bond donors (Lipinski definition) is 1. The zero-order chi connectivity index (χ0) is 12.3. The lowest BCUT2D eigenvalue weighted by Crippen LogP contribution is -2.08. The lowest BCUT2D eigenvalue weighted by atomic mass is 10.1. The molecule has 2 N–H and O–H groups in total. The quantitative estimate of drug-likeness (QED) is 0.789. The van der Waals surface area contributed by atoms with Gasteiger partial charge in [-0.05, 0) is 30.9 Å². The van der Waals surface area contributed by atoms with Gasteiger partial charge in [-0.25, -0.2) is 4.79 Å². The Morgan fingerprint density at radius 3 is 2.82 bits per heavy atom. The zero-order valence-corrected chi connectivity index (χ0v) is 9.94. The fourth-order valence-corrected chi connectivity index (χ4v) is 1.59. The molecule has 1 fully saturated rings. The maximum absolute atomic E-state index is 11.4. The van der Waals surface area contributed by atoms with Crippen LogP contribution in [0.2, 0.25) is 0 Å². The Kier molecular flexibility index (Phi) is 3.64. The van der Waals surface area contributed by atoms with Gasteiger partial charge >= 0.3 is 5.97 Å². The molecule has 1 saturated carbocycles. The molecule has 1 aliphatic carbocycles. The van der Waals surface area contributed by atoms with Gasteiger partial charge in [0.05, 0.1) is 19.3 Å². The van der Waals surface area contributed by atoms with Crippen molar-refractivity contribution in [2.75, 3.05) is 13.7 Å². The average molecular weight is 235 g/mol. The summed E-state index contributed by atoms with van der Waals surface area (Å²) in [6, 6.07) is 5.23. The van der Waals surface area contributed by atoms with Crippen molar-refractivity contribution < 1.29 is 14.3 Å². The highest BCUT2D eigenvalue weighted by molar-refractivity contribution is 5.89. The molecule has 0 radical (unpaired) electrons. The smallest absolute Gasteiger partial charge is 0.337 e. The number of esters is 1. The summed E-state index contributed by atoms with van der Waals surface area (Å²) in [7, 11) is 1.36. The van der Waals surface area contributed by atoms with Crippen LogP contribution in [0.5, 0.6) is 5.75 Å². The van der Waals surface area contributed by atoms with Gasteiger partial charge < -0.3 is 15.2 Å². The first-order valence-corrected chi connectivity index (χ1v) is 5.78. The van der Waals surface area contributed by atoms with E-state index in [1.807, 2.05) is 6.07 Å². The summed E-state index contributed by atoms with van der Waals surface area (Å²) < 4.78 is 10.4. The average Bonchev–Trinajstić information content (AvgIpc) is 3.19. The van der Waals surface area contributed by atoms with Crippen molar-refractivity contribution in [1.82, 2.24) is 0 Å². The number of carbonyl (C=O) groups excluding carboxylic acids is 1. The lowest BCUT2D eigenvalue weighted by molar-refractivity contribution is 0.0600. The molecule has 1 aromatic carbocycles. The summed E-state index contributed by atoms with van der Waals surface area (Å²) in [6.45, 7) is 1.11. The number of ether oxygens (including phenoxy) is 2. The Hall–Kier alpha value is -1.55. The maximum Gasteiger partial charge on any atom is 0.337 e. The van der Waals surface area contributed by atoms with E-state index >= 15 is 0 Å². The van der Waals surface area contributed by atoms with Crippen LogP contribution >= 0.6 is 0 Å². The maximum atomic E-state index is 11.4. The van der Waals surface area contributed by atoms with Gasteiger partial charge in [-0.1, -0.05) is 6.07 Å². The van der Waals surface area contributed by atoms with Crippen LogP contribution < -0.4 is 10.5 Å². The van der Waals surface area contributed by atoms with Crippen molar-refractivity contribution in [1.29, 1.82) is 0 Å². The highest BCUT2D eigenvalue weighted by Crippen LogP contribution is 2.30. The first-order valence-electron chi connectivity index (χ1n) is 5.78. The van der Waals surface area contributed by atoms with Gasteiger partial charge in [-0.3, -0.25) is 0 Å². The molecule has 4 heteroatoms. The summed E-state index contributed by atoms with van der Waals surface area (Å²) in [5.74, 6) is 1.01. The molecule has 0 atom stereocenters. The highest BCUT2D eigenvalue weighted by atomic mass is 16.5. The van der Waals surface area contributed by atoms with Crippen LogP contribution in [0.15, 0.2) is 18.2 Å². The normalized spacial score (nSPS) is 14.5. The fourth-order valence-electron chi connectivity index (χ4n) is 1.59. The van der Waals surface area contributed by atoms with Crippen molar-refractivity contribution >= 4 is 5.97 Å². The van der Waals surface area contributed by atoms with Gasteiger partial charge in [-0.15, -0.1) is 0 Å². The Labute approximate surface area is 101 Å². The van der Waals surface area contributed by atoms with Gasteiger partial charge in [0.15, 0.2) is 0 Å². The molecule has 0 saturated heterocycles. The zero-order valence-electron chi connectivity index (χ0n) is 9.94. The third kappa shape index (κ3) is 2.97. The summed E-state index contributed by atoms with van der Waals surface area (Å²) in [6.07, 6.45) is 2.46. The molecule has 17 heavy (non-hydrogen) atoms. The number of carbonyl (C=O) groups is 1. The van der Waals surface area contributed by atoms with E-state index in [-0.39, 0.29) is 5.97 Å². The Morgan fingerprint density at radius 2 is 2.24 bits per heavy atom. The molecule has 0 aliphatic heterocycles. The molecular formula is C13H17NO3. The molecule has 0 amide bonds. The van der Waals surface area contributed by atoms with E-state index in [0.29, 0.717) is 30.4 Å². The SMILES string of the molecule is COC(=O)c1ccc(CN)c(OCC2CC2)c1. The Balaban J connectivity index is 2.15. The first-order chi connectivity index (χ1) is 8.24. The molecule has 1 aliphatic rings. The second kappa shape index (κ2) is 5.19. The number of benzene rings is 1. The molecule has 0 heterocycles. The molecule has 1 aromatic rings. The standard InChI is InChI=1S/C13H17NO3/c1-16-13(15)10-4-5-11(7-14)12(6-10)17-8-9-2-3-9/h4-6,9H,2-3,7-8,14H2,1H3. The summed E-state index contributed by atoms with van der Waals surface area (Å²) in [5.41, 5.74) is 7.05. The van der Waals surface area contributed by atoms with Crippen LogP contribution in [0.3, 0.4) is 0 Å². The van der Waals surface area contributed by atoms with Crippen LogP contribution in [-0.4, -0.2) is 19.7 Å². The van der Waals surface area contributed by atoms with Gasteiger partial charge in [0.25, 0.3) is 0 Å². The van der Waals surface area contributed by atoms with Crippen molar-refractivity contribution in [3.05, 3.63) is 29.3 Å². The largest absolute Gasteiger partial charge is 0.493 e. The number of hydrogen-bond acceptors (Lipinski definition) is 4. The van der Waals surface area contributed by atoms with Crippen LogP contribution in [-0.2, 0) is 11.3 Å². The molecular weight excluding hydrogens is 218 g/mol. The molecule has 4 nitrogen and oxygen atoms in total. The minimum absolute atomic E-state index is 0.357. The van der Waals surface area contributed by atoms with E-state index in [0.717, 1.165) is 5.56 Å². The number of methoxy groups -OCH3 is 1. The van der Waals surface area contributed by atoms with E-state index in [1.54, 1.807) is 12.1 Å². The number of nitrogens with two attached hydrogens (primary N) is 1. The number of rotatable bonds is 5. The first kappa shape index (κ1) is 11.9. The van der Waals surface area contributed by atoms with E-state index in [9.17, 15) is 4.79 Å². The summed E-state index contributed by atoms with van der Waals surface area (Å²) in [4.78, 5) is 11.4. The van der Waals surface area contributed by atoms with Crippen LogP contribution in [0.1, 0.15) is 28.8 Å². The van der Waals surface area contributed by atoms with Gasteiger partial charge in [0.2, 0.25) is 0 Å². The minimum Gasteiger partial charge on any atom is -0.493 e. The molecule has 0 unspecified atom stereocenters. The highest BCUT2D eigenvalue weighted by Gasteiger charge is 2.22.